The lowest BCUT2D eigenvalue weighted by molar-refractivity contribution is -0.870. The molecule has 0 aromatic heterocycles. The molecule has 0 bridgehead atoms. The molecule has 0 heterocycles. The summed E-state index contributed by atoms with van der Waals surface area (Å²) < 4.78 is 27.8. The largest absolute Gasteiger partial charge is 0.756 e. The molecule has 0 amide bonds. The topological polar surface area (TPSA) is 116 Å². The lowest BCUT2D eigenvalue weighted by Gasteiger charge is -2.27. The SMILES string of the molecule is C[N+](C)(C)CCOP(=O)([O-])OCCCCCCOc1ccc(N=Nc2ccc(C#N)cc2)cc1. The van der Waals surface area contributed by atoms with Crippen molar-refractivity contribution in [3.63, 3.8) is 0 Å². The highest BCUT2D eigenvalue weighted by molar-refractivity contribution is 7.45. The number of unbranched alkanes of at least 4 members (excludes halogenated alkanes) is 3. The Labute approximate surface area is 201 Å². The number of hydrogen-bond acceptors (Lipinski definition) is 8. The number of phosphoric ester groups is 1. The highest BCUT2D eigenvalue weighted by Crippen LogP contribution is 2.38. The van der Waals surface area contributed by atoms with Crippen LogP contribution in [0.5, 0.6) is 5.75 Å². The Hall–Kier alpha value is -2.60. The van der Waals surface area contributed by atoms with E-state index in [9.17, 15) is 9.46 Å². The molecule has 0 aliphatic heterocycles. The number of nitrogens with zero attached hydrogens (tertiary/aromatic N) is 4. The predicted octanol–water partition coefficient (Wildman–Crippen LogP) is 5.12. The van der Waals surface area contributed by atoms with Crippen molar-refractivity contribution in [2.24, 2.45) is 10.2 Å². The average Bonchev–Trinajstić information content (AvgIpc) is 2.79. The first kappa shape index (κ1) is 27.6. The van der Waals surface area contributed by atoms with Crippen LogP contribution in [0.3, 0.4) is 0 Å². The van der Waals surface area contributed by atoms with Crippen LogP contribution in [0.4, 0.5) is 11.4 Å². The van der Waals surface area contributed by atoms with Crippen LogP contribution in [0.1, 0.15) is 31.2 Å². The number of phosphoric acid groups is 1. The van der Waals surface area contributed by atoms with Gasteiger partial charge in [0.2, 0.25) is 0 Å². The molecule has 184 valence electrons. The molecule has 0 N–H and O–H groups in total. The van der Waals surface area contributed by atoms with Gasteiger partial charge < -0.3 is 23.2 Å². The summed E-state index contributed by atoms with van der Waals surface area (Å²) in [6.07, 6.45) is 3.25. The van der Waals surface area contributed by atoms with E-state index < -0.39 is 7.82 Å². The quantitative estimate of drug-likeness (QED) is 0.149. The fraction of sp³-hybridized carbons (Fsp3) is 0.458. The van der Waals surface area contributed by atoms with Gasteiger partial charge in [0.25, 0.3) is 7.82 Å². The second-order valence-corrected chi connectivity index (χ2v) is 10.2. The Morgan fingerprint density at radius 1 is 0.853 bits per heavy atom. The van der Waals surface area contributed by atoms with Crippen LogP contribution in [0.2, 0.25) is 0 Å². The van der Waals surface area contributed by atoms with Gasteiger partial charge in [0.1, 0.15) is 18.9 Å². The molecule has 0 saturated heterocycles. The number of nitriles is 1. The van der Waals surface area contributed by atoms with Gasteiger partial charge in [0.15, 0.2) is 0 Å². The minimum atomic E-state index is -4.22. The minimum Gasteiger partial charge on any atom is -0.756 e. The minimum absolute atomic E-state index is 0.114. The Kier molecular flexibility index (Phi) is 11.3. The van der Waals surface area contributed by atoms with Crippen molar-refractivity contribution in [3.05, 3.63) is 54.1 Å². The maximum absolute atomic E-state index is 11.7. The van der Waals surface area contributed by atoms with Crippen LogP contribution in [0, 0.1) is 11.3 Å². The average molecular weight is 489 g/mol. The number of quaternary nitrogens is 1. The molecule has 1 unspecified atom stereocenters. The molecule has 10 heteroatoms. The summed E-state index contributed by atoms with van der Waals surface area (Å²) >= 11 is 0. The van der Waals surface area contributed by atoms with E-state index in [1.807, 2.05) is 45.4 Å². The second kappa shape index (κ2) is 14.0. The summed E-state index contributed by atoms with van der Waals surface area (Å²) in [5.41, 5.74) is 1.96. The molecule has 0 fully saturated rings. The summed E-state index contributed by atoms with van der Waals surface area (Å²) in [5.74, 6) is 0.749. The smallest absolute Gasteiger partial charge is 0.268 e. The second-order valence-electron chi connectivity index (χ2n) is 8.74. The summed E-state index contributed by atoms with van der Waals surface area (Å²) in [7, 11) is 1.67. The van der Waals surface area contributed by atoms with E-state index in [1.54, 1.807) is 24.3 Å². The standard InChI is InChI=1S/C24H33N4O5P/c1-28(2,3)16-19-33-34(29,30)32-18-7-5-4-6-17-31-24-14-12-23(13-15-24)27-26-22-10-8-21(20-25)9-11-22/h8-15H,4-7,16-19H2,1-3H3. The highest BCUT2D eigenvalue weighted by atomic mass is 31.2. The van der Waals surface area contributed by atoms with Crippen molar-refractivity contribution in [1.82, 2.24) is 0 Å². The third-order valence-corrected chi connectivity index (χ3v) is 5.68. The van der Waals surface area contributed by atoms with Crippen LogP contribution in [0.25, 0.3) is 0 Å². The molecule has 9 nitrogen and oxygen atoms in total. The number of benzene rings is 2. The summed E-state index contributed by atoms with van der Waals surface area (Å²) in [4.78, 5) is 11.7. The van der Waals surface area contributed by atoms with Gasteiger partial charge >= 0.3 is 0 Å². The molecule has 0 aliphatic carbocycles. The monoisotopic (exact) mass is 488 g/mol. The Morgan fingerprint density at radius 2 is 1.38 bits per heavy atom. The normalized spacial score (nSPS) is 13.5. The number of likely N-dealkylation sites (N-methyl/N-ethyl adjacent to an activating group) is 1. The first-order chi connectivity index (χ1) is 16.2. The van der Waals surface area contributed by atoms with E-state index in [-0.39, 0.29) is 13.2 Å². The van der Waals surface area contributed by atoms with Crippen molar-refractivity contribution in [2.75, 3.05) is 47.5 Å². The number of hydrogen-bond donors (Lipinski definition) is 0. The van der Waals surface area contributed by atoms with Crippen molar-refractivity contribution in [2.45, 2.75) is 25.7 Å². The van der Waals surface area contributed by atoms with Crippen LogP contribution >= 0.6 is 7.82 Å². The van der Waals surface area contributed by atoms with Crippen molar-refractivity contribution >= 4 is 19.2 Å². The molecular formula is C24H33N4O5P. The van der Waals surface area contributed by atoms with Crippen molar-refractivity contribution in [1.29, 1.82) is 5.26 Å². The van der Waals surface area contributed by atoms with Gasteiger partial charge in [-0.2, -0.15) is 15.5 Å². The molecule has 2 rings (SSSR count). The van der Waals surface area contributed by atoms with Gasteiger partial charge in [-0.05, 0) is 67.8 Å². The summed E-state index contributed by atoms with van der Waals surface area (Å²) in [5, 5.41) is 17.1. The molecule has 34 heavy (non-hydrogen) atoms. The lowest BCUT2D eigenvalue weighted by atomic mass is 10.2. The van der Waals surface area contributed by atoms with Crippen molar-refractivity contribution < 1.29 is 27.7 Å². The zero-order chi connectivity index (χ0) is 24.9. The van der Waals surface area contributed by atoms with Gasteiger partial charge in [-0.15, -0.1) is 0 Å². The third-order valence-electron chi connectivity index (χ3n) is 4.68. The summed E-state index contributed by atoms with van der Waals surface area (Å²) in [6, 6.07) is 16.3. The number of ether oxygens (including phenoxy) is 1. The van der Waals surface area contributed by atoms with Gasteiger partial charge in [-0.3, -0.25) is 4.57 Å². The molecule has 0 saturated carbocycles. The van der Waals surface area contributed by atoms with Crippen molar-refractivity contribution in [3.8, 4) is 11.8 Å². The molecule has 2 aromatic carbocycles. The zero-order valence-electron chi connectivity index (χ0n) is 20.1. The van der Waals surface area contributed by atoms with E-state index in [0.717, 1.165) is 25.0 Å². The maximum Gasteiger partial charge on any atom is 0.268 e. The van der Waals surface area contributed by atoms with Crippen LogP contribution in [-0.4, -0.2) is 52.0 Å². The van der Waals surface area contributed by atoms with Crippen LogP contribution in [-0.2, 0) is 13.6 Å². The van der Waals surface area contributed by atoms with E-state index in [4.69, 9.17) is 19.0 Å². The fourth-order valence-electron chi connectivity index (χ4n) is 2.71. The fourth-order valence-corrected chi connectivity index (χ4v) is 3.45. The van der Waals surface area contributed by atoms with Crippen LogP contribution in [0.15, 0.2) is 58.8 Å². The molecule has 0 spiro atoms. The summed E-state index contributed by atoms with van der Waals surface area (Å²) in [6.45, 7) is 1.40. The van der Waals surface area contributed by atoms with E-state index in [1.165, 1.54) is 0 Å². The maximum atomic E-state index is 11.7. The molecule has 0 radical (unpaired) electrons. The predicted molar refractivity (Wildman–Crippen MR) is 128 cm³/mol. The molecule has 0 aliphatic rings. The first-order valence-electron chi connectivity index (χ1n) is 11.2. The van der Waals surface area contributed by atoms with Gasteiger partial charge in [-0.1, -0.05) is 6.42 Å². The number of rotatable bonds is 15. The Morgan fingerprint density at radius 3 is 1.94 bits per heavy atom. The number of azo groups is 1. The van der Waals surface area contributed by atoms with Gasteiger partial charge in [-0.25, -0.2) is 0 Å². The lowest BCUT2D eigenvalue weighted by Crippen LogP contribution is -2.37. The molecule has 1 atom stereocenters. The molecule has 2 aromatic rings. The Bertz CT molecular complexity index is 982. The Balaban J connectivity index is 1.56. The van der Waals surface area contributed by atoms with E-state index in [2.05, 4.69) is 16.3 Å². The highest BCUT2D eigenvalue weighted by Gasteiger charge is 2.13. The third kappa shape index (κ3) is 12.0. The van der Waals surface area contributed by atoms with Gasteiger partial charge in [0.05, 0.1) is 57.4 Å². The van der Waals surface area contributed by atoms with Crippen LogP contribution < -0.4 is 9.63 Å². The molecular weight excluding hydrogens is 455 g/mol. The zero-order valence-corrected chi connectivity index (χ0v) is 20.9. The van der Waals surface area contributed by atoms with E-state index >= 15 is 0 Å². The van der Waals surface area contributed by atoms with E-state index in [0.29, 0.717) is 41.0 Å². The first-order valence-corrected chi connectivity index (χ1v) is 12.7. The van der Waals surface area contributed by atoms with Gasteiger partial charge in [0, 0.05) is 0 Å².